The molecule has 2 heterocycles. The number of amides is 1. The lowest BCUT2D eigenvalue weighted by Gasteiger charge is -2.23. The number of rotatable bonds is 5. The Balaban J connectivity index is 1.63. The summed E-state index contributed by atoms with van der Waals surface area (Å²) < 4.78 is 7.62. The van der Waals surface area contributed by atoms with Crippen molar-refractivity contribution in [3.05, 3.63) is 58.6 Å². The Morgan fingerprint density at radius 2 is 1.97 bits per heavy atom. The van der Waals surface area contributed by atoms with Gasteiger partial charge in [-0.2, -0.15) is 5.10 Å². The third-order valence-corrected chi connectivity index (χ3v) is 5.73. The number of primary amides is 1. The molecule has 1 saturated heterocycles. The van der Waals surface area contributed by atoms with E-state index in [0.29, 0.717) is 28.0 Å². The number of aromatic nitrogens is 2. The van der Waals surface area contributed by atoms with E-state index >= 15 is 0 Å². The summed E-state index contributed by atoms with van der Waals surface area (Å²) in [5, 5.41) is 8.69. The highest BCUT2D eigenvalue weighted by molar-refractivity contribution is 6.31. The van der Waals surface area contributed by atoms with E-state index in [1.54, 1.807) is 10.7 Å². The number of benzene rings is 2. The van der Waals surface area contributed by atoms with Crippen LogP contribution >= 0.6 is 11.6 Å². The molecular formula is C22H24ClN5O2. The molecule has 1 fully saturated rings. The maximum absolute atomic E-state index is 12.1. The van der Waals surface area contributed by atoms with Gasteiger partial charge in [0.25, 0.3) is 5.91 Å². The van der Waals surface area contributed by atoms with Gasteiger partial charge in [-0.25, -0.2) is 4.68 Å². The van der Waals surface area contributed by atoms with Gasteiger partial charge in [0, 0.05) is 17.1 Å². The lowest BCUT2D eigenvalue weighted by molar-refractivity contribution is 0.100. The van der Waals surface area contributed by atoms with Gasteiger partial charge in [0.15, 0.2) is 0 Å². The van der Waals surface area contributed by atoms with E-state index in [1.165, 1.54) is 0 Å². The van der Waals surface area contributed by atoms with Crippen LogP contribution in [0.15, 0.2) is 42.5 Å². The number of piperidine rings is 1. The summed E-state index contributed by atoms with van der Waals surface area (Å²) in [6.07, 6.45) is 1.98. The molecule has 3 aromatic rings. The van der Waals surface area contributed by atoms with Crippen molar-refractivity contribution in [2.24, 2.45) is 5.73 Å². The van der Waals surface area contributed by atoms with Crippen molar-refractivity contribution < 1.29 is 9.53 Å². The minimum Gasteiger partial charge on any atom is -0.457 e. The summed E-state index contributed by atoms with van der Waals surface area (Å²) in [6, 6.07) is 12.9. The van der Waals surface area contributed by atoms with Crippen molar-refractivity contribution in [2.45, 2.75) is 25.8 Å². The molecule has 1 aliphatic heterocycles. The molecule has 1 amide bonds. The zero-order chi connectivity index (χ0) is 21.3. The van der Waals surface area contributed by atoms with Gasteiger partial charge in [-0.05, 0) is 74.3 Å². The standard InChI is InChI=1S/C22H24ClN5O2/c1-13-11-17(8-9-18(13)23)30-16-6-4-14(5-7-16)20-19(22(25)29)21(24)28(27-20)15-3-2-10-26-12-15/h4-9,11,15,26H,2-3,10,12,24H2,1H3,(H2,25,29). The van der Waals surface area contributed by atoms with Gasteiger partial charge in [-0.3, -0.25) is 4.79 Å². The molecule has 1 unspecified atom stereocenters. The van der Waals surface area contributed by atoms with Gasteiger partial charge >= 0.3 is 0 Å². The summed E-state index contributed by atoms with van der Waals surface area (Å²) >= 11 is 6.07. The molecule has 7 nitrogen and oxygen atoms in total. The van der Waals surface area contributed by atoms with Crippen LogP contribution in [0.5, 0.6) is 11.5 Å². The Kier molecular flexibility index (Phi) is 5.65. The summed E-state index contributed by atoms with van der Waals surface area (Å²) in [4.78, 5) is 12.1. The second-order valence-electron chi connectivity index (χ2n) is 7.46. The van der Waals surface area contributed by atoms with Crippen molar-refractivity contribution in [1.29, 1.82) is 0 Å². The third-order valence-electron chi connectivity index (χ3n) is 5.30. The predicted molar refractivity (Wildman–Crippen MR) is 118 cm³/mol. The lowest BCUT2D eigenvalue weighted by Crippen LogP contribution is -2.32. The first-order valence-electron chi connectivity index (χ1n) is 9.87. The van der Waals surface area contributed by atoms with Crippen LogP contribution in [0.4, 0.5) is 5.82 Å². The second-order valence-corrected chi connectivity index (χ2v) is 7.86. The van der Waals surface area contributed by atoms with Crippen LogP contribution in [-0.2, 0) is 0 Å². The molecule has 0 aliphatic carbocycles. The number of halogens is 1. The van der Waals surface area contributed by atoms with Crippen LogP contribution < -0.4 is 21.5 Å². The van der Waals surface area contributed by atoms with E-state index < -0.39 is 5.91 Å². The average Bonchev–Trinajstić information content (AvgIpc) is 3.09. The summed E-state index contributed by atoms with van der Waals surface area (Å²) in [7, 11) is 0. The maximum Gasteiger partial charge on any atom is 0.254 e. The van der Waals surface area contributed by atoms with E-state index in [4.69, 9.17) is 27.8 Å². The first-order chi connectivity index (χ1) is 14.4. The van der Waals surface area contributed by atoms with Crippen LogP contribution in [0.25, 0.3) is 11.3 Å². The quantitative estimate of drug-likeness (QED) is 0.574. The fourth-order valence-corrected chi connectivity index (χ4v) is 3.83. The van der Waals surface area contributed by atoms with Crippen molar-refractivity contribution in [2.75, 3.05) is 18.8 Å². The molecular weight excluding hydrogens is 402 g/mol. The first-order valence-corrected chi connectivity index (χ1v) is 10.2. The smallest absolute Gasteiger partial charge is 0.254 e. The van der Waals surface area contributed by atoms with Gasteiger partial charge in [-0.1, -0.05) is 11.6 Å². The number of aryl methyl sites for hydroxylation is 1. The van der Waals surface area contributed by atoms with Crippen molar-refractivity contribution in [1.82, 2.24) is 15.1 Å². The largest absolute Gasteiger partial charge is 0.457 e. The van der Waals surface area contributed by atoms with Crippen LogP contribution in [0.2, 0.25) is 5.02 Å². The number of nitrogens with two attached hydrogens (primary N) is 2. The van der Waals surface area contributed by atoms with Gasteiger partial charge in [-0.15, -0.1) is 0 Å². The van der Waals surface area contributed by atoms with E-state index in [2.05, 4.69) is 10.4 Å². The van der Waals surface area contributed by atoms with Crippen LogP contribution in [0.1, 0.15) is 34.8 Å². The van der Waals surface area contributed by atoms with Crippen molar-refractivity contribution in [3.63, 3.8) is 0 Å². The van der Waals surface area contributed by atoms with Crippen LogP contribution in [0, 0.1) is 6.92 Å². The molecule has 2 aromatic carbocycles. The minimum absolute atomic E-state index is 0.0985. The Hall–Kier alpha value is -3.03. The SMILES string of the molecule is Cc1cc(Oc2ccc(-c3nn(C4CCCNC4)c(N)c3C(N)=O)cc2)ccc1Cl. The summed E-state index contributed by atoms with van der Waals surface area (Å²) in [5.74, 6) is 1.07. The maximum atomic E-state index is 12.1. The summed E-state index contributed by atoms with van der Waals surface area (Å²) in [5.41, 5.74) is 14.3. The zero-order valence-electron chi connectivity index (χ0n) is 16.7. The Morgan fingerprint density at radius 3 is 2.60 bits per heavy atom. The normalized spacial score (nSPS) is 16.4. The third kappa shape index (κ3) is 3.99. The number of carbonyl (C=O) groups is 1. The highest BCUT2D eigenvalue weighted by Crippen LogP contribution is 2.33. The monoisotopic (exact) mass is 425 g/mol. The number of carbonyl (C=O) groups excluding carboxylic acids is 1. The predicted octanol–water partition coefficient (Wildman–Crippen LogP) is 3.91. The summed E-state index contributed by atoms with van der Waals surface area (Å²) in [6.45, 7) is 3.66. The molecule has 0 spiro atoms. The lowest BCUT2D eigenvalue weighted by atomic mass is 10.1. The number of nitrogen functional groups attached to an aromatic ring is 1. The number of nitrogens with one attached hydrogen (secondary N) is 1. The van der Waals surface area contributed by atoms with Crippen molar-refractivity contribution in [3.8, 4) is 22.8 Å². The average molecular weight is 426 g/mol. The Morgan fingerprint density at radius 1 is 1.23 bits per heavy atom. The minimum atomic E-state index is -0.588. The first kappa shape index (κ1) is 20.3. The number of hydrogen-bond donors (Lipinski definition) is 3. The second kappa shape index (κ2) is 8.38. The molecule has 1 aromatic heterocycles. The van der Waals surface area contributed by atoms with Gasteiger partial charge < -0.3 is 21.5 Å². The topological polar surface area (TPSA) is 108 Å². The number of hydrogen-bond acceptors (Lipinski definition) is 5. The molecule has 156 valence electrons. The number of ether oxygens (including phenoxy) is 1. The fourth-order valence-electron chi connectivity index (χ4n) is 3.71. The Labute approximate surface area is 180 Å². The van der Waals surface area contributed by atoms with Crippen molar-refractivity contribution >= 4 is 23.3 Å². The highest BCUT2D eigenvalue weighted by Gasteiger charge is 2.26. The highest BCUT2D eigenvalue weighted by atomic mass is 35.5. The van der Waals surface area contributed by atoms with E-state index in [-0.39, 0.29) is 11.6 Å². The van der Waals surface area contributed by atoms with Gasteiger partial charge in [0.05, 0.1) is 6.04 Å². The van der Waals surface area contributed by atoms with E-state index in [9.17, 15) is 4.79 Å². The van der Waals surface area contributed by atoms with Crippen LogP contribution in [-0.4, -0.2) is 28.8 Å². The number of anilines is 1. The number of nitrogens with zero attached hydrogens (tertiary/aromatic N) is 2. The fraction of sp³-hybridized carbons (Fsp3) is 0.273. The van der Waals surface area contributed by atoms with E-state index in [1.807, 2.05) is 43.3 Å². The molecule has 4 rings (SSSR count). The molecule has 8 heteroatoms. The molecule has 0 radical (unpaired) electrons. The molecule has 0 bridgehead atoms. The Bertz CT molecular complexity index is 1070. The van der Waals surface area contributed by atoms with Gasteiger partial charge in [0.2, 0.25) is 0 Å². The van der Waals surface area contributed by atoms with E-state index in [0.717, 1.165) is 37.1 Å². The molecule has 1 atom stereocenters. The zero-order valence-corrected chi connectivity index (χ0v) is 17.4. The van der Waals surface area contributed by atoms with Gasteiger partial charge in [0.1, 0.15) is 28.6 Å². The molecule has 0 saturated carbocycles. The van der Waals surface area contributed by atoms with Crippen LogP contribution in [0.3, 0.4) is 0 Å². The molecule has 30 heavy (non-hydrogen) atoms. The molecule has 1 aliphatic rings. The molecule has 5 N–H and O–H groups in total.